The number of benzene rings is 2. The molecule has 18 heavy (non-hydrogen) atoms. The van der Waals surface area contributed by atoms with E-state index in [0.29, 0.717) is 0 Å². The zero-order chi connectivity index (χ0) is 13.1. The maximum Gasteiger partial charge on any atom is 0.135 e. The molecule has 0 heterocycles. The van der Waals surface area contributed by atoms with Gasteiger partial charge in [0.15, 0.2) is 0 Å². The highest BCUT2D eigenvalue weighted by Gasteiger charge is 2.04. The van der Waals surface area contributed by atoms with Gasteiger partial charge in [-0.3, -0.25) is 0 Å². The Morgan fingerprint density at radius 1 is 1.06 bits per heavy atom. The summed E-state index contributed by atoms with van der Waals surface area (Å²) < 4.78 is 7.10. The molecule has 0 amide bonds. The van der Waals surface area contributed by atoms with Crippen LogP contribution in [-0.4, -0.2) is 7.11 Å². The van der Waals surface area contributed by atoms with Gasteiger partial charge in [-0.15, -0.1) is 0 Å². The number of anilines is 3. The third-order valence-electron chi connectivity index (χ3n) is 2.42. The van der Waals surface area contributed by atoms with Gasteiger partial charge in [-0.2, -0.15) is 0 Å². The third kappa shape index (κ3) is 2.97. The lowest BCUT2D eigenvalue weighted by atomic mass is 10.2. The number of hydrogen-bond donors (Lipinski definition) is 2. The van der Waals surface area contributed by atoms with E-state index in [1.807, 2.05) is 36.4 Å². The van der Waals surface area contributed by atoms with E-state index in [9.17, 15) is 0 Å². The van der Waals surface area contributed by atoms with Crippen LogP contribution in [0.3, 0.4) is 0 Å². The first kappa shape index (κ1) is 13.2. The topological polar surface area (TPSA) is 47.3 Å². The van der Waals surface area contributed by atoms with Crippen LogP contribution in [0.5, 0.6) is 5.75 Å². The fraction of sp³-hybridized carbons (Fsp3) is 0.0769. The van der Waals surface area contributed by atoms with Gasteiger partial charge in [0.2, 0.25) is 0 Å². The second-order valence-corrected chi connectivity index (χ2v) is 5.42. The minimum atomic E-state index is 0.723. The molecule has 0 saturated heterocycles. The largest absolute Gasteiger partial charge is 0.495 e. The fourth-order valence-corrected chi connectivity index (χ4v) is 2.43. The van der Waals surface area contributed by atoms with Crippen LogP contribution in [0.1, 0.15) is 0 Å². The van der Waals surface area contributed by atoms with Crippen molar-refractivity contribution in [3.8, 4) is 5.75 Å². The highest BCUT2D eigenvalue weighted by molar-refractivity contribution is 9.11. The molecule has 0 aromatic heterocycles. The van der Waals surface area contributed by atoms with E-state index in [0.717, 1.165) is 31.8 Å². The lowest BCUT2D eigenvalue weighted by Gasteiger charge is -2.11. The third-order valence-corrected chi connectivity index (χ3v) is 3.73. The predicted molar refractivity (Wildman–Crippen MR) is 82.5 cm³/mol. The predicted octanol–water partition coefficient (Wildman–Crippen LogP) is 4.55. The van der Waals surface area contributed by atoms with Crippen molar-refractivity contribution in [3.63, 3.8) is 0 Å². The van der Waals surface area contributed by atoms with Crippen molar-refractivity contribution in [3.05, 3.63) is 45.3 Å². The number of nitrogen functional groups attached to an aromatic ring is 1. The van der Waals surface area contributed by atoms with Gasteiger partial charge in [0.1, 0.15) is 5.75 Å². The quantitative estimate of drug-likeness (QED) is 0.778. The molecule has 2 aromatic carbocycles. The average Bonchev–Trinajstić information content (AvgIpc) is 2.35. The molecule has 0 aliphatic carbocycles. The zero-order valence-corrected chi connectivity index (χ0v) is 12.9. The first-order valence-corrected chi connectivity index (χ1v) is 6.84. The molecule has 2 rings (SSSR count). The maximum atomic E-state index is 5.70. The van der Waals surface area contributed by atoms with E-state index in [4.69, 9.17) is 10.5 Å². The van der Waals surface area contributed by atoms with Gasteiger partial charge in [-0.25, -0.2) is 0 Å². The van der Waals surface area contributed by atoms with E-state index >= 15 is 0 Å². The molecule has 2 aromatic rings. The van der Waals surface area contributed by atoms with Gasteiger partial charge in [0.05, 0.1) is 17.3 Å². The van der Waals surface area contributed by atoms with Crippen molar-refractivity contribution in [1.29, 1.82) is 0 Å². The molecule has 0 unspecified atom stereocenters. The molecule has 0 radical (unpaired) electrons. The summed E-state index contributed by atoms with van der Waals surface area (Å²) in [5.74, 6) is 0.784. The van der Waals surface area contributed by atoms with Crippen molar-refractivity contribution < 1.29 is 4.74 Å². The molecule has 94 valence electrons. The molecule has 3 nitrogen and oxygen atoms in total. The van der Waals surface area contributed by atoms with Crippen LogP contribution in [0.25, 0.3) is 0 Å². The van der Waals surface area contributed by atoms with E-state index < -0.39 is 0 Å². The summed E-state index contributed by atoms with van der Waals surface area (Å²) in [4.78, 5) is 0. The number of ether oxygens (including phenoxy) is 1. The Balaban J connectivity index is 2.28. The van der Waals surface area contributed by atoms with Crippen molar-refractivity contribution in [1.82, 2.24) is 0 Å². The number of nitrogens with one attached hydrogen (secondary N) is 1. The van der Waals surface area contributed by atoms with Gasteiger partial charge in [-0.05, 0) is 62.2 Å². The Morgan fingerprint density at radius 2 is 1.83 bits per heavy atom. The molecule has 0 aliphatic rings. The van der Waals surface area contributed by atoms with Gasteiger partial charge in [0.25, 0.3) is 0 Å². The van der Waals surface area contributed by atoms with Crippen LogP contribution in [0.15, 0.2) is 45.3 Å². The van der Waals surface area contributed by atoms with Crippen LogP contribution in [0, 0.1) is 0 Å². The van der Waals surface area contributed by atoms with E-state index in [1.165, 1.54) is 0 Å². The van der Waals surface area contributed by atoms with E-state index in [1.54, 1.807) is 7.11 Å². The molecular formula is C13H12Br2N2O. The first-order chi connectivity index (χ1) is 8.60. The molecule has 0 bridgehead atoms. The summed E-state index contributed by atoms with van der Waals surface area (Å²) >= 11 is 6.89. The molecule has 0 fully saturated rings. The molecule has 5 heteroatoms. The highest BCUT2D eigenvalue weighted by Crippen LogP contribution is 2.32. The summed E-state index contributed by atoms with van der Waals surface area (Å²) in [7, 11) is 1.64. The Hall–Kier alpha value is -1.20. The zero-order valence-electron chi connectivity index (χ0n) is 9.71. The number of nitrogens with two attached hydrogens (primary N) is 1. The fourth-order valence-electron chi connectivity index (χ4n) is 1.53. The molecule has 3 N–H and O–H groups in total. The lowest BCUT2D eigenvalue weighted by Crippen LogP contribution is -1.94. The van der Waals surface area contributed by atoms with Gasteiger partial charge >= 0.3 is 0 Å². The number of hydrogen-bond acceptors (Lipinski definition) is 3. The van der Waals surface area contributed by atoms with Crippen molar-refractivity contribution in [2.75, 3.05) is 18.2 Å². The van der Waals surface area contributed by atoms with Gasteiger partial charge in [0, 0.05) is 21.9 Å². The molecular weight excluding hydrogens is 360 g/mol. The monoisotopic (exact) mass is 370 g/mol. The Morgan fingerprint density at radius 3 is 2.50 bits per heavy atom. The summed E-state index contributed by atoms with van der Waals surface area (Å²) in [6, 6.07) is 11.5. The van der Waals surface area contributed by atoms with Crippen LogP contribution in [0.4, 0.5) is 17.1 Å². The van der Waals surface area contributed by atoms with Crippen molar-refractivity contribution in [2.24, 2.45) is 0 Å². The van der Waals surface area contributed by atoms with E-state index in [2.05, 4.69) is 37.2 Å². The summed E-state index contributed by atoms with van der Waals surface area (Å²) in [6.45, 7) is 0. The average molecular weight is 372 g/mol. The van der Waals surface area contributed by atoms with Crippen LogP contribution in [-0.2, 0) is 0 Å². The summed E-state index contributed by atoms with van der Waals surface area (Å²) in [5.41, 5.74) is 8.32. The second-order valence-electron chi connectivity index (χ2n) is 3.71. The number of methoxy groups -OCH3 is 1. The highest BCUT2D eigenvalue weighted by atomic mass is 79.9. The Kier molecular flexibility index (Phi) is 4.14. The van der Waals surface area contributed by atoms with E-state index in [-0.39, 0.29) is 0 Å². The Bertz CT molecular complexity index is 573. The SMILES string of the molecule is COc1cc(Nc2ccc(N)cc2Br)ccc1Br. The van der Waals surface area contributed by atoms with Crippen molar-refractivity contribution in [2.45, 2.75) is 0 Å². The van der Waals surface area contributed by atoms with Gasteiger partial charge < -0.3 is 15.8 Å². The number of halogens is 2. The van der Waals surface area contributed by atoms with Crippen LogP contribution >= 0.6 is 31.9 Å². The Labute approximate surface area is 123 Å². The standard InChI is InChI=1S/C13H12Br2N2O/c1-18-13-7-9(3-4-10(13)14)17-12-5-2-8(16)6-11(12)15/h2-7,17H,16H2,1H3. The smallest absolute Gasteiger partial charge is 0.135 e. The second kappa shape index (κ2) is 5.63. The van der Waals surface area contributed by atoms with Crippen LogP contribution < -0.4 is 15.8 Å². The number of rotatable bonds is 3. The minimum absolute atomic E-state index is 0.723. The molecule has 0 saturated carbocycles. The molecule has 0 atom stereocenters. The normalized spacial score (nSPS) is 10.2. The summed E-state index contributed by atoms with van der Waals surface area (Å²) in [6.07, 6.45) is 0. The first-order valence-electron chi connectivity index (χ1n) is 5.26. The lowest BCUT2D eigenvalue weighted by molar-refractivity contribution is 0.412. The summed E-state index contributed by atoms with van der Waals surface area (Å²) in [5, 5.41) is 3.30. The molecule has 0 spiro atoms. The molecule has 0 aliphatic heterocycles. The maximum absolute atomic E-state index is 5.70. The minimum Gasteiger partial charge on any atom is -0.495 e. The van der Waals surface area contributed by atoms with Crippen molar-refractivity contribution >= 4 is 48.9 Å². The van der Waals surface area contributed by atoms with Gasteiger partial charge in [-0.1, -0.05) is 0 Å². The van der Waals surface area contributed by atoms with Crippen LogP contribution in [0.2, 0.25) is 0 Å².